The van der Waals surface area contributed by atoms with E-state index < -0.39 is 5.60 Å². The van der Waals surface area contributed by atoms with Crippen LogP contribution in [0.3, 0.4) is 0 Å². The lowest BCUT2D eigenvalue weighted by atomic mass is 10.1. The number of carbonyl (C=O) groups excluding carboxylic acids is 2. The van der Waals surface area contributed by atoms with Gasteiger partial charge in [-0.3, -0.25) is 9.78 Å². The molecule has 1 aromatic rings. The number of nitrogens with zero attached hydrogens (tertiary/aromatic N) is 2. The quantitative estimate of drug-likeness (QED) is 0.644. The van der Waals surface area contributed by atoms with Crippen molar-refractivity contribution in [1.29, 1.82) is 0 Å². The summed E-state index contributed by atoms with van der Waals surface area (Å²) in [6.07, 6.45) is 5.14. The molecule has 7 nitrogen and oxygen atoms in total. The monoisotopic (exact) mass is 404 g/mol. The van der Waals surface area contributed by atoms with Crippen LogP contribution in [0.25, 0.3) is 0 Å². The summed E-state index contributed by atoms with van der Waals surface area (Å²) in [4.78, 5) is 29.8. The highest BCUT2D eigenvalue weighted by Gasteiger charge is 2.40. The molecule has 1 saturated heterocycles. The van der Waals surface area contributed by atoms with Gasteiger partial charge in [0.05, 0.1) is 24.8 Å². The molecular formula is C22H32N2O5. The van der Waals surface area contributed by atoms with Crippen LogP contribution in [0.15, 0.2) is 18.5 Å². The molecule has 0 N–H and O–H groups in total. The number of amides is 1. The van der Waals surface area contributed by atoms with Crippen molar-refractivity contribution in [3.05, 3.63) is 24.0 Å². The van der Waals surface area contributed by atoms with E-state index in [1.54, 1.807) is 11.1 Å². The first-order chi connectivity index (χ1) is 13.6. The van der Waals surface area contributed by atoms with Gasteiger partial charge >= 0.3 is 12.1 Å². The fourth-order valence-electron chi connectivity index (χ4n) is 3.28. The number of rotatable bonds is 7. The van der Waals surface area contributed by atoms with Gasteiger partial charge in [-0.2, -0.15) is 0 Å². The molecule has 0 spiro atoms. The number of carbonyl (C=O) groups is 2. The Morgan fingerprint density at radius 2 is 2.00 bits per heavy atom. The highest BCUT2D eigenvalue weighted by molar-refractivity contribution is 5.71. The Kier molecular flexibility index (Phi) is 6.34. The molecule has 2 heterocycles. The van der Waals surface area contributed by atoms with E-state index in [-0.39, 0.29) is 24.0 Å². The summed E-state index contributed by atoms with van der Waals surface area (Å²) >= 11 is 0. The van der Waals surface area contributed by atoms with Gasteiger partial charge in [0.25, 0.3) is 0 Å². The van der Waals surface area contributed by atoms with Crippen molar-refractivity contribution in [2.24, 2.45) is 11.8 Å². The molecule has 1 aliphatic heterocycles. The molecule has 1 aromatic heterocycles. The third kappa shape index (κ3) is 5.84. The molecule has 0 radical (unpaired) electrons. The Bertz CT molecular complexity index is 743. The summed E-state index contributed by atoms with van der Waals surface area (Å²) < 4.78 is 16.7. The minimum absolute atomic E-state index is 0.0256. The summed E-state index contributed by atoms with van der Waals surface area (Å²) in [5, 5.41) is 0. The first-order valence-electron chi connectivity index (χ1n) is 10.4. The van der Waals surface area contributed by atoms with Crippen LogP contribution in [0.1, 0.15) is 58.9 Å². The van der Waals surface area contributed by atoms with E-state index in [9.17, 15) is 9.59 Å². The number of hydrogen-bond acceptors (Lipinski definition) is 6. The number of esters is 1. The predicted molar refractivity (Wildman–Crippen MR) is 108 cm³/mol. The lowest BCUT2D eigenvalue weighted by Crippen LogP contribution is -2.55. The van der Waals surface area contributed by atoms with Crippen LogP contribution in [0.4, 0.5) is 4.79 Å². The van der Waals surface area contributed by atoms with Crippen molar-refractivity contribution in [1.82, 2.24) is 9.88 Å². The maximum absolute atomic E-state index is 12.2. The second kappa shape index (κ2) is 8.59. The average Bonchev–Trinajstić information content (AvgIpc) is 3.37. The zero-order valence-corrected chi connectivity index (χ0v) is 18.0. The third-order valence-electron chi connectivity index (χ3n) is 5.21. The van der Waals surface area contributed by atoms with Crippen molar-refractivity contribution in [2.75, 3.05) is 19.8 Å². The SMILES string of the molecule is CC(C)C(=O)OC[C@@H]1C[C@@H]1c1cncc(OC[C@@H]2CCN2C(=O)OC(C)(C)C)c1. The maximum atomic E-state index is 12.2. The van der Waals surface area contributed by atoms with Crippen LogP contribution < -0.4 is 4.74 Å². The van der Waals surface area contributed by atoms with E-state index in [2.05, 4.69) is 4.98 Å². The normalized spacial score (nSPS) is 23.4. The van der Waals surface area contributed by atoms with E-state index in [0.717, 1.165) is 18.4 Å². The van der Waals surface area contributed by atoms with Gasteiger partial charge in [0.15, 0.2) is 0 Å². The second-order valence-electron chi connectivity index (χ2n) is 9.27. The van der Waals surface area contributed by atoms with E-state index >= 15 is 0 Å². The predicted octanol–water partition coefficient (Wildman–Crippen LogP) is 3.77. The van der Waals surface area contributed by atoms with Gasteiger partial charge in [0.1, 0.15) is 18.0 Å². The van der Waals surface area contributed by atoms with Crippen molar-refractivity contribution < 1.29 is 23.8 Å². The molecule has 3 atom stereocenters. The lowest BCUT2D eigenvalue weighted by molar-refractivity contribution is -0.147. The molecule has 7 heteroatoms. The van der Waals surface area contributed by atoms with E-state index in [4.69, 9.17) is 14.2 Å². The van der Waals surface area contributed by atoms with Gasteiger partial charge in [-0.15, -0.1) is 0 Å². The second-order valence-corrected chi connectivity index (χ2v) is 9.27. The van der Waals surface area contributed by atoms with Crippen molar-refractivity contribution in [2.45, 2.75) is 65.0 Å². The topological polar surface area (TPSA) is 78.0 Å². The summed E-state index contributed by atoms with van der Waals surface area (Å²) in [6, 6.07) is 2.02. The smallest absolute Gasteiger partial charge is 0.410 e. The maximum Gasteiger partial charge on any atom is 0.410 e. The van der Waals surface area contributed by atoms with Crippen LogP contribution in [0.2, 0.25) is 0 Å². The van der Waals surface area contributed by atoms with E-state index in [1.165, 1.54) is 0 Å². The minimum atomic E-state index is -0.499. The van der Waals surface area contributed by atoms with E-state index in [0.29, 0.717) is 37.3 Å². The van der Waals surface area contributed by atoms with Gasteiger partial charge in [0, 0.05) is 18.7 Å². The molecule has 160 valence electrons. The van der Waals surface area contributed by atoms with Crippen LogP contribution >= 0.6 is 0 Å². The van der Waals surface area contributed by atoms with Gasteiger partial charge in [-0.25, -0.2) is 4.79 Å². The standard InChI is InChI=1S/C22H32N2O5/c1-14(2)20(25)28-12-16-9-19(16)15-8-18(11-23-10-15)27-13-17-6-7-24(17)21(26)29-22(3,4)5/h8,10-11,14,16-17,19H,6-7,9,12-13H2,1-5H3/t16-,17-,19+/m0/s1. The molecule has 0 aromatic carbocycles. The first kappa shape index (κ1) is 21.4. The highest BCUT2D eigenvalue weighted by atomic mass is 16.6. The highest BCUT2D eigenvalue weighted by Crippen LogP contribution is 2.48. The Balaban J connectivity index is 1.46. The molecule has 0 bridgehead atoms. The Hall–Kier alpha value is -2.31. The average molecular weight is 405 g/mol. The molecular weight excluding hydrogens is 372 g/mol. The van der Waals surface area contributed by atoms with Crippen molar-refractivity contribution >= 4 is 12.1 Å². The zero-order chi connectivity index (χ0) is 21.2. The number of likely N-dealkylation sites (tertiary alicyclic amines) is 1. The molecule has 29 heavy (non-hydrogen) atoms. The summed E-state index contributed by atoms with van der Waals surface area (Å²) in [5.74, 6) is 1.15. The van der Waals surface area contributed by atoms with Crippen molar-refractivity contribution in [3.63, 3.8) is 0 Å². The number of ether oxygens (including phenoxy) is 3. The minimum Gasteiger partial charge on any atom is -0.490 e. The van der Waals surface area contributed by atoms with Gasteiger partial charge in [-0.1, -0.05) is 13.8 Å². The van der Waals surface area contributed by atoms with Crippen LogP contribution in [0.5, 0.6) is 5.75 Å². The largest absolute Gasteiger partial charge is 0.490 e. The fourth-order valence-corrected chi connectivity index (χ4v) is 3.28. The van der Waals surface area contributed by atoms with Crippen LogP contribution in [-0.2, 0) is 14.3 Å². The third-order valence-corrected chi connectivity index (χ3v) is 5.21. The van der Waals surface area contributed by atoms with Gasteiger partial charge in [-0.05, 0) is 51.2 Å². The molecule has 1 amide bonds. The Morgan fingerprint density at radius 3 is 2.62 bits per heavy atom. The molecule has 1 saturated carbocycles. The van der Waals surface area contributed by atoms with Gasteiger partial charge < -0.3 is 19.1 Å². The Labute approximate surface area is 172 Å². The Morgan fingerprint density at radius 1 is 1.24 bits per heavy atom. The molecule has 2 aliphatic rings. The lowest BCUT2D eigenvalue weighted by Gasteiger charge is -2.40. The van der Waals surface area contributed by atoms with E-state index in [1.807, 2.05) is 46.9 Å². The zero-order valence-electron chi connectivity index (χ0n) is 18.0. The molecule has 2 fully saturated rings. The summed E-state index contributed by atoms with van der Waals surface area (Å²) in [6.45, 7) is 10.8. The molecule has 0 unspecified atom stereocenters. The number of pyridine rings is 1. The first-order valence-corrected chi connectivity index (χ1v) is 10.4. The van der Waals surface area contributed by atoms with Crippen LogP contribution in [0, 0.1) is 11.8 Å². The summed E-state index contributed by atoms with van der Waals surface area (Å²) in [7, 11) is 0. The van der Waals surface area contributed by atoms with Crippen molar-refractivity contribution in [3.8, 4) is 5.75 Å². The number of aromatic nitrogens is 1. The molecule has 3 rings (SSSR count). The van der Waals surface area contributed by atoms with Gasteiger partial charge in [0.2, 0.25) is 0 Å². The number of hydrogen-bond donors (Lipinski definition) is 0. The van der Waals surface area contributed by atoms with Crippen LogP contribution in [-0.4, -0.2) is 53.3 Å². The molecule has 1 aliphatic carbocycles. The fraction of sp³-hybridized carbons (Fsp3) is 0.682. The summed E-state index contributed by atoms with van der Waals surface area (Å²) in [5.41, 5.74) is 0.603.